The minimum Gasteiger partial charge on any atom is -0.466 e. The van der Waals surface area contributed by atoms with E-state index in [-0.39, 0.29) is 18.5 Å². The highest BCUT2D eigenvalue weighted by atomic mass is 16.5. The van der Waals surface area contributed by atoms with E-state index in [0.717, 1.165) is 44.9 Å². The van der Waals surface area contributed by atoms with E-state index in [0.29, 0.717) is 19.4 Å². The van der Waals surface area contributed by atoms with Gasteiger partial charge in [-0.05, 0) is 83.5 Å². The van der Waals surface area contributed by atoms with Crippen molar-refractivity contribution in [2.75, 3.05) is 13.2 Å². The molecule has 0 aromatic rings. The second-order valence-corrected chi connectivity index (χ2v) is 24.6. The van der Waals surface area contributed by atoms with Crippen LogP contribution in [0, 0.1) is 0 Å². The van der Waals surface area contributed by atoms with Crippen LogP contribution in [0.2, 0.25) is 0 Å². The molecule has 0 aromatic carbocycles. The molecule has 0 saturated carbocycles. The Kier molecular flexibility index (Phi) is 66.9. The van der Waals surface area contributed by atoms with Crippen LogP contribution in [0.4, 0.5) is 0 Å². The Morgan fingerprint density at radius 2 is 0.595 bits per heavy atom. The highest BCUT2D eigenvalue weighted by molar-refractivity contribution is 5.76. The molecule has 1 amide bonds. The van der Waals surface area contributed by atoms with Gasteiger partial charge in [0.05, 0.1) is 25.4 Å². The van der Waals surface area contributed by atoms with E-state index in [2.05, 4.69) is 43.5 Å². The molecule has 0 aromatic heterocycles. The molecule has 0 aliphatic rings. The second kappa shape index (κ2) is 68.6. The fourth-order valence-electron chi connectivity index (χ4n) is 11.2. The number of allylic oxidation sites excluding steroid dienone is 5. The Hall–Kier alpha value is -1.92. The lowest BCUT2D eigenvalue weighted by molar-refractivity contribution is -0.143. The molecular formula is C73H139NO5. The van der Waals surface area contributed by atoms with E-state index < -0.39 is 12.1 Å². The molecule has 0 fully saturated rings. The number of aliphatic hydroxyl groups is 2. The van der Waals surface area contributed by atoms with Gasteiger partial charge < -0.3 is 20.3 Å². The van der Waals surface area contributed by atoms with Gasteiger partial charge in [-0.15, -0.1) is 0 Å². The highest BCUT2D eigenvalue weighted by Crippen LogP contribution is 2.18. The summed E-state index contributed by atoms with van der Waals surface area (Å²) in [6, 6.07) is -0.628. The summed E-state index contributed by atoms with van der Waals surface area (Å²) in [5.41, 5.74) is 0. The highest BCUT2D eigenvalue weighted by Gasteiger charge is 2.18. The number of carbonyl (C=O) groups is 2. The van der Waals surface area contributed by atoms with Gasteiger partial charge >= 0.3 is 5.97 Å². The molecule has 0 aliphatic carbocycles. The SMILES string of the molecule is CCCCCC/C=C\CCCCCCCC(=O)OCCCCCCCCCCCCCC/C=C\CCCCCCCCCCCCCCCC(=O)NC(CO)C(O)/C=C/CCCCCCCCCCCCCCCCCCCC. The Bertz CT molecular complexity index is 1280. The van der Waals surface area contributed by atoms with Gasteiger partial charge in [0.15, 0.2) is 0 Å². The van der Waals surface area contributed by atoms with Crippen LogP contribution < -0.4 is 5.32 Å². The lowest BCUT2D eigenvalue weighted by atomic mass is 10.0. The predicted molar refractivity (Wildman–Crippen MR) is 347 cm³/mol. The molecule has 0 spiro atoms. The molecule has 0 bridgehead atoms. The monoisotopic (exact) mass is 1110 g/mol. The van der Waals surface area contributed by atoms with Crippen molar-refractivity contribution in [3.05, 3.63) is 36.5 Å². The van der Waals surface area contributed by atoms with Gasteiger partial charge in [-0.25, -0.2) is 0 Å². The zero-order chi connectivity index (χ0) is 57.1. The van der Waals surface area contributed by atoms with E-state index in [4.69, 9.17) is 4.74 Å². The van der Waals surface area contributed by atoms with Crippen molar-refractivity contribution in [2.45, 2.75) is 405 Å². The summed E-state index contributed by atoms with van der Waals surface area (Å²) in [7, 11) is 0. The summed E-state index contributed by atoms with van der Waals surface area (Å²) in [6.07, 6.45) is 88.0. The number of nitrogens with one attached hydrogen (secondary N) is 1. The van der Waals surface area contributed by atoms with Crippen LogP contribution in [0.5, 0.6) is 0 Å². The van der Waals surface area contributed by atoms with Crippen molar-refractivity contribution in [1.82, 2.24) is 5.32 Å². The number of hydrogen-bond acceptors (Lipinski definition) is 5. The minimum atomic E-state index is -0.845. The summed E-state index contributed by atoms with van der Waals surface area (Å²) >= 11 is 0. The number of rotatable bonds is 67. The molecule has 3 N–H and O–H groups in total. The van der Waals surface area contributed by atoms with Crippen LogP contribution >= 0.6 is 0 Å². The lowest BCUT2D eigenvalue weighted by Gasteiger charge is -2.20. The average molecular weight is 1110 g/mol. The predicted octanol–water partition coefficient (Wildman–Crippen LogP) is 23.1. The van der Waals surface area contributed by atoms with Crippen molar-refractivity contribution in [3.63, 3.8) is 0 Å². The maximum atomic E-state index is 12.5. The van der Waals surface area contributed by atoms with Gasteiger partial charge in [0.2, 0.25) is 5.91 Å². The summed E-state index contributed by atoms with van der Waals surface area (Å²) in [5, 5.41) is 23.2. The van der Waals surface area contributed by atoms with Crippen molar-refractivity contribution in [3.8, 4) is 0 Å². The number of carbonyl (C=O) groups excluding carboxylic acids is 2. The zero-order valence-corrected chi connectivity index (χ0v) is 53.4. The first-order chi connectivity index (χ1) is 39.0. The summed E-state index contributed by atoms with van der Waals surface area (Å²) < 4.78 is 5.48. The Balaban J connectivity index is 3.40. The Morgan fingerprint density at radius 3 is 0.911 bits per heavy atom. The van der Waals surface area contributed by atoms with Crippen LogP contribution in [-0.2, 0) is 14.3 Å². The molecule has 0 rings (SSSR count). The number of aliphatic hydroxyl groups excluding tert-OH is 2. The standard InChI is InChI=1S/C73H139NO5/c1-3-5-7-9-11-13-15-17-18-19-20-32-35-38-42-45-49-53-57-61-65-71(76)70(69-75)74-72(77)66-62-58-54-50-46-43-39-36-33-30-28-26-24-22-21-23-25-27-29-31-34-37-40-44-48-52-56-60-64-68-79-73(78)67-63-59-55-51-47-41-16-14-12-10-8-6-4-2/h14,16,21,23,61,65,70-71,75-76H,3-13,15,17-20,22,24-60,62-64,66-69H2,1-2H3,(H,74,77)/b16-14-,23-21-,65-61+. The van der Waals surface area contributed by atoms with E-state index in [9.17, 15) is 19.8 Å². The van der Waals surface area contributed by atoms with Gasteiger partial charge in [-0.1, -0.05) is 333 Å². The molecule has 0 heterocycles. The number of ether oxygens (including phenoxy) is 1. The maximum Gasteiger partial charge on any atom is 0.305 e. The largest absolute Gasteiger partial charge is 0.466 e. The number of unbranched alkanes of at least 4 members (excludes halogenated alkanes) is 52. The number of amides is 1. The van der Waals surface area contributed by atoms with Gasteiger partial charge in [0.25, 0.3) is 0 Å². The second-order valence-electron chi connectivity index (χ2n) is 24.6. The average Bonchev–Trinajstić information content (AvgIpc) is 3.45. The smallest absolute Gasteiger partial charge is 0.305 e. The quantitative estimate of drug-likeness (QED) is 0.0320. The van der Waals surface area contributed by atoms with Crippen LogP contribution in [0.3, 0.4) is 0 Å². The summed E-state index contributed by atoms with van der Waals surface area (Å²) in [5.74, 6) is -0.0564. The first kappa shape index (κ1) is 77.1. The van der Waals surface area contributed by atoms with Gasteiger partial charge in [-0.3, -0.25) is 9.59 Å². The molecular weight excluding hydrogens is 971 g/mol. The number of hydrogen-bond donors (Lipinski definition) is 3. The van der Waals surface area contributed by atoms with E-state index in [1.165, 1.54) is 321 Å². The lowest BCUT2D eigenvalue weighted by Crippen LogP contribution is -2.45. The van der Waals surface area contributed by atoms with Crippen LogP contribution in [0.25, 0.3) is 0 Å². The van der Waals surface area contributed by atoms with Gasteiger partial charge in [-0.2, -0.15) is 0 Å². The number of esters is 1. The normalized spacial score (nSPS) is 12.7. The van der Waals surface area contributed by atoms with Gasteiger partial charge in [0.1, 0.15) is 0 Å². The van der Waals surface area contributed by atoms with Crippen LogP contribution in [-0.4, -0.2) is 47.4 Å². The molecule has 2 unspecified atom stereocenters. The topological polar surface area (TPSA) is 95.9 Å². The van der Waals surface area contributed by atoms with Crippen molar-refractivity contribution >= 4 is 11.9 Å². The van der Waals surface area contributed by atoms with Crippen molar-refractivity contribution in [1.29, 1.82) is 0 Å². The van der Waals surface area contributed by atoms with Crippen molar-refractivity contribution < 1.29 is 24.5 Å². The van der Waals surface area contributed by atoms with E-state index in [1.54, 1.807) is 6.08 Å². The molecule has 0 saturated heterocycles. The third-order valence-electron chi connectivity index (χ3n) is 16.6. The van der Waals surface area contributed by atoms with Crippen molar-refractivity contribution in [2.24, 2.45) is 0 Å². The summed E-state index contributed by atoms with van der Waals surface area (Å²) in [6.45, 7) is 4.92. The first-order valence-electron chi connectivity index (χ1n) is 35.8. The summed E-state index contributed by atoms with van der Waals surface area (Å²) in [4.78, 5) is 24.6. The third kappa shape index (κ3) is 65.1. The Labute approximate surface area is 494 Å². The first-order valence-corrected chi connectivity index (χ1v) is 35.8. The molecule has 6 nitrogen and oxygen atoms in total. The van der Waals surface area contributed by atoms with Crippen LogP contribution in [0.15, 0.2) is 36.5 Å². The van der Waals surface area contributed by atoms with E-state index >= 15 is 0 Å². The maximum absolute atomic E-state index is 12.5. The van der Waals surface area contributed by atoms with Gasteiger partial charge in [0, 0.05) is 12.8 Å². The molecule has 79 heavy (non-hydrogen) atoms. The molecule has 2 atom stereocenters. The molecule has 6 heteroatoms. The third-order valence-corrected chi connectivity index (χ3v) is 16.6. The zero-order valence-electron chi connectivity index (χ0n) is 53.4. The molecule has 0 aliphatic heterocycles. The van der Waals surface area contributed by atoms with Crippen LogP contribution in [0.1, 0.15) is 393 Å². The molecule has 466 valence electrons. The molecule has 0 radical (unpaired) electrons. The fourth-order valence-corrected chi connectivity index (χ4v) is 11.2. The minimum absolute atomic E-state index is 0.00725. The fraction of sp³-hybridized carbons (Fsp3) is 0.890. The van der Waals surface area contributed by atoms with E-state index in [1.807, 2.05) is 6.08 Å². The Morgan fingerprint density at radius 1 is 0.342 bits per heavy atom.